The third-order valence-electron chi connectivity index (χ3n) is 2.95. The van der Waals surface area contributed by atoms with E-state index < -0.39 is 29.1 Å². The van der Waals surface area contributed by atoms with E-state index in [1.54, 1.807) is 0 Å². The molecule has 0 amide bonds. The molecular weight excluding hydrogens is 332 g/mol. The molecule has 0 spiro atoms. The molecule has 1 aliphatic carbocycles. The van der Waals surface area contributed by atoms with Gasteiger partial charge in [-0.25, -0.2) is 9.07 Å². The molecule has 0 aromatic carbocycles. The van der Waals surface area contributed by atoms with E-state index in [1.165, 1.54) is 13.1 Å². The molecule has 0 N–H and O–H groups in total. The molecule has 1 aromatic rings. The number of aromatic nitrogens is 2. The molecule has 4 nitrogen and oxygen atoms in total. The summed E-state index contributed by atoms with van der Waals surface area (Å²) < 4.78 is 43.3. The lowest BCUT2D eigenvalue weighted by Crippen LogP contribution is -2.30. The van der Waals surface area contributed by atoms with Gasteiger partial charge in [-0.1, -0.05) is 17.7 Å². The van der Waals surface area contributed by atoms with Crippen LogP contribution in [0.25, 0.3) is 0 Å². The van der Waals surface area contributed by atoms with E-state index in [2.05, 4.69) is 9.84 Å². The summed E-state index contributed by atoms with van der Waals surface area (Å²) in [5.41, 5.74) is -0.138. The minimum absolute atomic E-state index is 0.138. The number of aryl methyl sites for hydroxylation is 1. The molecule has 1 aliphatic rings. The molecule has 1 heterocycles. The van der Waals surface area contributed by atoms with Gasteiger partial charge in [-0.2, -0.15) is 13.9 Å². The number of hydrogen-bond acceptors (Lipinski definition) is 3. The molecule has 0 fully saturated rings. The van der Waals surface area contributed by atoms with E-state index in [-0.39, 0.29) is 10.7 Å². The largest absolute Gasteiger partial charge is 0.416 e. The number of aldehydes is 1. The average Bonchev–Trinajstić information content (AvgIpc) is 2.67. The molecule has 2 rings (SSSR count). The van der Waals surface area contributed by atoms with Crippen LogP contribution in [0.4, 0.5) is 13.2 Å². The Morgan fingerprint density at radius 3 is 2.81 bits per heavy atom. The van der Waals surface area contributed by atoms with Crippen LogP contribution in [-0.2, 0) is 16.7 Å². The van der Waals surface area contributed by atoms with Gasteiger partial charge in [-0.15, -0.1) is 11.6 Å². The number of nitrogens with zero attached hydrogens (tertiary/aromatic N) is 2. The molecule has 0 saturated heterocycles. The molecule has 0 bridgehead atoms. The van der Waals surface area contributed by atoms with E-state index in [0.29, 0.717) is 6.29 Å². The van der Waals surface area contributed by atoms with Gasteiger partial charge in [0.25, 0.3) is 0 Å². The highest BCUT2D eigenvalue weighted by molar-refractivity contribution is 6.35. The van der Waals surface area contributed by atoms with Gasteiger partial charge < -0.3 is 9.53 Å². The maximum Gasteiger partial charge on any atom is 0.388 e. The highest BCUT2D eigenvalue weighted by atomic mass is 35.5. The summed E-state index contributed by atoms with van der Waals surface area (Å²) in [5, 5.41) is 3.58. The first-order chi connectivity index (χ1) is 9.79. The zero-order valence-electron chi connectivity index (χ0n) is 10.6. The third kappa shape index (κ3) is 2.80. The van der Waals surface area contributed by atoms with E-state index in [4.69, 9.17) is 23.2 Å². The molecule has 0 saturated carbocycles. The van der Waals surface area contributed by atoms with Crippen molar-refractivity contribution in [2.24, 2.45) is 13.0 Å². The van der Waals surface area contributed by atoms with Crippen molar-refractivity contribution in [2.75, 3.05) is 0 Å². The second-order valence-corrected chi connectivity index (χ2v) is 5.29. The molecule has 114 valence electrons. The summed E-state index contributed by atoms with van der Waals surface area (Å²) >= 11 is 12.2. The Labute approximate surface area is 127 Å². The summed E-state index contributed by atoms with van der Waals surface area (Å²) in [6, 6.07) is 0. The van der Waals surface area contributed by atoms with Gasteiger partial charge in [0.05, 0.1) is 5.92 Å². The van der Waals surface area contributed by atoms with Crippen molar-refractivity contribution in [1.82, 2.24) is 9.78 Å². The van der Waals surface area contributed by atoms with Crippen molar-refractivity contribution in [3.63, 3.8) is 0 Å². The minimum atomic E-state index is -3.11. The normalized spacial score (nSPS) is 25.1. The number of ether oxygens (including phenoxy) is 1. The Kier molecular flexibility index (Phi) is 4.34. The van der Waals surface area contributed by atoms with E-state index in [9.17, 15) is 18.0 Å². The summed E-state index contributed by atoms with van der Waals surface area (Å²) in [4.78, 5) is 9.41. The predicted octanol–water partition coefficient (Wildman–Crippen LogP) is 3.35. The van der Waals surface area contributed by atoms with Gasteiger partial charge in [0, 0.05) is 7.05 Å². The molecule has 0 aliphatic heterocycles. The maximum absolute atomic E-state index is 13.5. The highest BCUT2D eigenvalue weighted by Gasteiger charge is 2.43. The Bertz CT molecular complexity index is 630. The molecule has 0 radical (unpaired) electrons. The molecular formula is C12H9Cl2F3N2O2. The van der Waals surface area contributed by atoms with Crippen LogP contribution in [0.3, 0.4) is 0 Å². The lowest BCUT2D eigenvalue weighted by Gasteiger charge is -2.28. The van der Waals surface area contributed by atoms with Gasteiger partial charge in [0.15, 0.2) is 0 Å². The van der Waals surface area contributed by atoms with Crippen molar-refractivity contribution in [3.05, 3.63) is 34.8 Å². The number of carbonyl (C=O) groups is 1. The number of carbonyl (C=O) groups excluding carboxylic acids is 1. The summed E-state index contributed by atoms with van der Waals surface area (Å²) in [7, 11) is 1.31. The summed E-state index contributed by atoms with van der Waals surface area (Å²) in [5.74, 6) is -2.07. The standard InChI is InChI=1S/C12H9Cl2F3N2O2/c1-19-10(21-11(16)17)8(13)9(18-19)12(14)4-7(15)3-2-6(12)5-20/h2-6,11H,1H3. The second-order valence-electron chi connectivity index (χ2n) is 4.29. The van der Waals surface area contributed by atoms with Gasteiger partial charge in [0.1, 0.15) is 27.7 Å². The maximum atomic E-state index is 13.5. The van der Waals surface area contributed by atoms with Crippen LogP contribution in [0, 0.1) is 5.92 Å². The third-order valence-corrected chi connectivity index (χ3v) is 3.83. The van der Waals surface area contributed by atoms with Crippen molar-refractivity contribution in [1.29, 1.82) is 0 Å². The lowest BCUT2D eigenvalue weighted by atomic mass is 9.85. The van der Waals surface area contributed by atoms with Crippen LogP contribution in [-0.4, -0.2) is 22.7 Å². The number of hydrogen-bond donors (Lipinski definition) is 0. The van der Waals surface area contributed by atoms with Crippen molar-refractivity contribution in [2.45, 2.75) is 11.5 Å². The van der Waals surface area contributed by atoms with Crippen molar-refractivity contribution in [3.8, 4) is 5.88 Å². The highest BCUT2D eigenvalue weighted by Crippen LogP contribution is 2.46. The first kappa shape index (κ1) is 15.9. The van der Waals surface area contributed by atoms with Gasteiger partial charge in [-0.3, -0.25) is 0 Å². The Morgan fingerprint density at radius 1 is 1.57 bits per heavy atom. The van der Waals surface area contributed by atoms with Crippen LogP contribution in [0.1, 0.15) is 5.69 Å². The fraction of sp³-hybridized carbons (Fsp3) is 0.333. The summed E-state index contributed by atoms with van der Waals surface area (Å²) in [6.07, 6.45) is 3.76. The SMILES string of the molecule is Cn1nc(C2(Cl)C=C(F)C=CC2C=O)c(Cl)c1OC(F)F. The monoisotopic (exact) mass is 340 g/mol. The number of allylic oxidation sites excluding steroid dienone is 4. The molecule has 1 aromatic heterocycles. The number of alkyl halides is 3. The zero-order chi connectivity index (χ0) is 15.8. The van der Waals surface area contributed by atoms with E-state index in [1.807, 2.05) is 0 Å². The molecule has 21 heavy (non-hydrogen) atoms. The Balaban J connectivity index is 2.55. The second kappa shape index (κ2) is 5.73. The Morgan fingerprint density at radius 2 is 2.24 bits per heavy atom. The van der Waals surface area contributed by atoms with Gasteiger partial charge in [-0.05, 0) is 12.2 Å². The zero-order valence-corrected chi connectivity index (χ0v) is 12.1. The van der Waals surface area contributed by atoms with Crippen LogP contribution in [0.2, 0.25) is 5.02 Å². The predicted molar refractivity (Wildman–Crippen MR) is 70.3 cm³/mol. The number of rotatable bonds is 4. The smallest absolute Gasteiger partial charge is 0.388 e. The van der Waals surface area contributed by atoms with E-state index in [0.717, 1.165) is 16.8 Å². The molecule has 9 heteroatoms. The van der Waals surface area contributed by atoms with Crippen molar-refractivity contribution >= 4 is 29.5 Å². The summed E-state index contributed by atoms with van der Waals surface area (Å²) in [6.45, 7) is -3.11. The fourth-order valence-corrected chi connectivity index (χ4v) is 2.76. The quantitative estimate of drug-likeness (QED) is 0.623. The first-order valence-electron chi connectivity index (χ1n) is 5.68. The average molecular weight is 341 g/mol. The lowest BCUT2D eigenvalue weighted by molar-refractivity contribution is -0.110. The fourth-order valence-electron chi connectivity index (χ4n) is 1.99. The van der Waals surface area contributed by atoms with Crippen LogP contribution in [0.15, 0.2) is 24.1 Å². The van der Waals surface area contributed by atoms with Crippen LogP contribution < -0.4 is 4.74 Å². The first-order valence-corrected chi connectivity index (χ1v) is 6.43. The topological polar surface area (TPSA) is 44.1 Å². The number of halogens is 5. The van der Waals surface area contributed by atoms with Gasteiger partial charge in [0.2, 0.25) is 5.88 Å². The Hall–Kier alpha value is -1.47. The molecule has 2 unspecified atom stereocenters. The van der Waals surface area contributed by atoms with Crippen LogP contribution in [0.5, 0.6) is 5.88 Å². The van der Waals surface area contributed by atoms with E-state index >= 15 is 0 Å². The van der Waals surface area contributed by atoms with Gasteiger partial charge >= 0.3 is 6.61 Å². The molecule has 2 atom stereocenters. The van der Waals surface area contributed by atoms with Crippen LogP contribution >= 0.6 is 23.2 Å². The van der Waals surface area contributed by atoms with Crippen molar-refractivity contribution < 1.29 is 22.7 Å². The minimum Gasteiger partial charge on any atom is -0.416 e.